The summed E-state index contributed by atoms with van der Waals surface area (Å²) in [6.07, 6.45) is 3.87. The molecule has 1 aromatic heterocycles. The average Bonchev–Trinajstić information content (AvgIpc) is 2.91. The van der Waals surface area contributed by atoms with Gasteiger partial charge in [-0.3, -0.25) is 4.79 Å². The van der Waals surface area contributed by atoms with E-state index >= 15 is 0 Å². The fourth-order valence-electron chi connectivity index (χ4n) is 2.34. The van der Waals surface area contributed by atoms with E-state index < -0.39 is 0 Å². The van der Waals surface area contributed by atoms with E-state index in [0.717, 1.165) is 23.7 Å². The lowest BCUT2D eigenvalue weighted by molar-refractivity contribution is 0.252. The monoisotopic (exact) mass is 312 g/mol. The highest BCUT2D eigenvalue weighted by Gasteiger charge is 2.26. The number of nitrogens with one attached hydrogen (secondary N) is 3. The highest BCUT2D eigenvalue weighted by Crippen LogP contribution is 2.25. The maximum atomic E-state index is 11.6. The summed E-state index contributed by atoms with van der Waals surface area (Å²) >= 11 is 1.87. The first-order valence-electron chi connectivity index (χ1n) is 7.49. The minimum atomic E-state index is -0.115. The molecule has 2 rings (SSSR count). The van der Waals surface area contributed by atoms with Gasteiger partial charge in [0.05, 0.1) is 18.6 Å². The third-order valence-electron chi connectivity index (χ3n) is 3.63. The molecular weight excluding hydrogens is 288 g/mol. The lowest BCUT2D eigenvalue weighted by atomic mass is 10.1. The Kier molecular flexibility index (Phi) is 6.53. The number of thioether (sulfide) groups is 1. The van der Waals surface area contributed by atoms with Crippen LogP contribution < -0.4 is 16.2 Å². The van der Waals surface area contributed by atoms with Gasteiger partial charge < -0.3 is 20.7 Å². The summed E-state index contributed by atoms with van der Waals surface area (Å²) in [4.78, 5) is 18.5. The van der Waals surface area contributed by atoms with E-state index in [1.54, 1.807) is 0 Å². The van der Waals surface area contributed by atoms with Gasteiger partial charge in [0, 0.05) is 30.8 Å². The van der Waals surface area contributed by atoms with Gasteiger partial charge in [0.15, 0.2) is 0 Å². The van der Waals surface area contributed by atoms with Crippen molar-refractivity contribution < 1.29 is 5.11 Å². The number of fused-ring (bicyclic) bond motifs is 1. The Hall–Kier alpha value is -1.05. The van der Waals surface area contributed by atoms with Crippen LogP contribution in [0.15, 0.2) is 11.1 Å². The minimum Gasteiger partial charge on any atom is -0.395 e. The summed E-state index contributed by atoms with van der Waals surface area (Å²) in [6, 6.07) is 0.0953. The van der Waals surface area contributed by atoms with Crippen molar-refractivity contribution in [1.29, 1.82) is 0 Å². The summed E-state index contributed by atoms with van der Waals surface area (Å²) in [5, 5.41) is 15.9. The molecule has 0 saturated heterocycles. The van der Waals surface area contributed by atoms with E-state index in [2.05, 4.69) is 27.5 Å². The smallest absolute Gasteiger partial charge is 0.274 e. The van der Waals surface area contributed by atoms with E-state index in [0.29, 0.717) is 12.2 Å². The third kappa shape index (κ3) is 4.46. The quantitative estimate of drug-likeness (QED) is 0.504. The van der Waals surface area contributed by atoms with Crippen LogP contribution in [-0.2, 0) is 0 Å². The van der Waals surface area contributed by atoms with Crippen molar-refractivity contribution in [2.45, 2.75) is 31.7 Å². The van der Waals surface area contributed by atoms with Crippen LogP contribution in [0.25, 0.3) is 0 Å². The van der Waals surface area contributed by atoms with E-state index in [4.69, 9.17) is 0 Å². The van der Waals surface area contributed by atoms with Gasteiger partial charge in [-0.25, -0.2) is 4.98 Å². The van der Waals surface area contributed by atoms with Crippen molar-refractivity contribution in [3.05, 3.63) is 22.4 Å². The number of anilines is 1. The standard InChI is InChI=1S/C14H24N4O2S/c1-2-3-4-21-8-11(7-19)15-5-10-6-16-13-12(10)17-9-18-14(13)20/h9-11,15-16,19H,2-8H2,1H3,(H,17,18,20)/t10?,11-/m0/s1. The third-order valence-corrected chi connectivity index (χ3v) is 4.84. The summed E-state index contributed by atoms with van der Waals surface area (Å²) in [5.74, 6) is 2.23. The Labute approximate surface area is 129 Å². The van der Waals surface area contributed by atoms with Crippen LogP contribution in [-0.4, -0.2) is 52.3 Å². The number of nitrogens with zero attached hydrogens (tertiary/aromatic N) is 1. The summed E-state index contributed by atoms with van der Waals surface area (Å²) < 4.78 is 0. The molecule has 2 atom stereocenters. The topological polar surface area (TPSA) is 90.0 Å². The number of aliphatic hydroxyl groups excluding tert-OH is 1. The van der Waals surface area contributed by atoms with Crippen molar-refractivity contribution in [2.75, 3.05) is 36.5 Å². The SMILES string of the molecule is CCCCSC[C@H](CO)NCC1CNc2c1nc[nH]c2=O. The van der Waals surface area contributed by atoms with Crippen molar-refractivity contribution >= 4 is 17.4 Å². The molecule has 0 spiro atoms. The molecule has 1 unspecified atom stereocenters. The van der Waals surface area contributed by atoms with E-state index in [1.165, 1.54) is 19.2 Å². The van der Waals surface area contributed by atoms with Gasteiger partial charge in [0.2, 0.25) is 0 Å². The predicted molar refractivity (Wildman–Crippen MR) is 87.2 cm³/mol. The highest BCUT2D eigenvalue weighted by molar-refractivity contribution is 7.99. The molecular formula is C14H24N4O2S. The van der Waals surface area contributed by atoms with Crippen LogP contribution in [0.2, 0.25) is 0 Å². The predicted octanol–water partition coefficient (Wildman–Crippen LogP) is 0.763. The molecule has 1 aliphatic heterocycles. The maximum absolute atomic E-state index is 11.6. The lowest BCUT2D eigenvalue weighted by Crippen LogP contribution is -2.38. The maximum Gasteiger partial charge on any atom is 0.274 e. The number of rotatable bonds is 9. The van der Waals surface area contributed by atoms with Gasteiger partial charge in [-0.1, -0.05) is 13.3 Å². The molecule has 1 aliphatic rings. The molecule has 0 bridgehead atoms. The van der Waals surface area contributed by atoms with Gasteiger partial charge in [-0.15, -0.1) is 0 Å². The number of aliphatic hydroxyl groups is 1. The second-order valence-corrected chi connectivity index (χ2v) is 6.44. The zero-order valence-electron chi connectivity index (χ0n) is 12.4. The average molecular weight is 312 g/mol. The number of aromatic nitrogens is 2. The van der Waals surface area contributed by atoms with Gasteiger partial charge >= 0.3 is 0 Å². The molecule has 1 aromatic rings. The molecule has 0 aliphatic carbocycles. The van der Waals surface area contributed by atoms with Crippen LogP contribution in [0.5, 0.6) is 0 Å². The molecule has 0 aromatic carbocycles. The first kappa shape index (κ1) is 16.3. The van der Waals surface area contributed by atoms with Crippen LogP contribution in [0.3, 0.4) is 0 Å². The van der Waals surface area contributed by atoms with Gasteiger partial charge in [0.1, 0.15) is 5.69 Å². The second kappa shape index (κ2) is 8.41. The number of H-pyrrole nitrogens is 1. The zero-order valence-corrected chi connectivity index (χ0v) is 13.2. The van der Waals surface area contributed by atoms with Crippen LogP contribution >= 0.6 is 11.8 Å². The molecule has 2 heterocycles. The Morgan fingerprint density at radius 2 is 2.48 bits per heavy atom. The number of hydrogen-bond acceptors (Lipinski definition) is 6. The van der Waals surface area contributed by atoms with Crippen molar-refractivity contribution in [2.24, 2.45) is 0 Å². The molecule has 118 valence electrons. The van der Waals surface area contributed by atoms with Crippen LogP contribution in [0, 0.1) is 0 Å². The number of aromatic amines is 1. The van der Waals surface area contributed by atoms with Gasteiger partial charge in [0.25, 0.3) is 5.56 Å². The van der Waals surface area contributed by atoms with Crippen LogP contribution in [0.4, 0.5) is 5.69 Å². The summed E-state index contributed by atoms with van der Waals surface area (Å²) in [5.41, 5.74) is 1.29. The molecule has 21 heavy (non-hydrogen) atoms. The number of hydrogen-bond donors (Lipinski definition) is 4. The van der Waals surface area contributed by atoms with Crippen molar-refractivity contribution in [3.63, 3.8) is 0 Å². The fraction of sp³-hybridized carbons (Fsp3) is 0.714. The Morgan fingerprint density at radius 1 is 1.62 bits per heavy atom. The number of unbranched alkanes of at least 4 members (excludes halogenated alkanes) is 1. The van der Waals surface area contributed by atoms with Crippen molar-refractivity contribution in [3.8, 4) is 0 Å². The van der Waals surface area contributed by atoms with E-state index in [-0.39, 0.29) is 24.1 Å². The highest BCUT2D eigenvalue weighted by atomic mass is 32.2. The second-order valence-electron chi connectivity index (χ2n) is 5.29. The lowest BCUT2D eigenvalue weighted by Gasteiger charge is -2.18. The minimum absolute atomic E-state index is 0.0953. The normalized spacial score (nSPS) is 18.3. The first-order chi connectivity index (χ1) is 10.3. The van der Waals surface area contributed by atoms with Crippen molar-refractivity contribution in [1.82, 2.24) is 15.3 Å². The van der Waals surface area contributed by atoms with Gasteiger partial charge in [-0.2, -0.15) is 11.8 Å². The molecule has 0 saturated carbocycles. The van der Waals surface area contributed by atoms with E-state index in [9.17, 15) is 9.90 Å². The Bertz CT molecular complexity index is 494. The molecule has 6 nitrogen and oxygen atoms in total. The first-order valence-corrected chi connectivity index (χ1v) is 8.65. The van der Waals surface area contributed by atoms with Crippen LogP contribution in [0.1, 0.15) is 31.4 Å². The zero-order chi connectivity index (χ0) is 15.1. The molecule has 4 N–H and O–H groups in total. The Morgan fingerprint density at radius 3 is 3.24 bits per heavy atom. The molecule has 7 heteroatoms. The molecule has 0 radical (unpaired) electrons. The van der Waals surface area contributed by atoms with Gasteiger partial charge in [-0.05, 0) is 12.2 Å². The Balaban J connectivity index is 1.81. The fourth-order valence-corrected chi connectivity index (χ4v) is 3.51. The largest absolute Gasteiger partial charge is 0.395 e. The molecule has 0 amide bonds. The summed E-state index contributed by atoms with van der Waals surface area (Å²) in [7, 11) is 0. The summed E-state index contributed by atoms with van der Waals surface area (Å²) in [6.45, 7) is 3.75. The molecule has 0 fully saturated rings. The van der Waals surface area contributed by atoms with E-state index in [1.807, 2.05) is 11.8 Å².